The van der Waals surface area contributed by atoms with E-state index in [1.165, 1.54) is 16.6 Å². The van der Waals surface area contributed by atoms with Crippen molar-refractivity contribution in [2.45, 2.75) is 37.6 Å². The van der Waals surface area contributed by atoms with Gasteiger partial charge in [0.2, 0.25) is 10.0 Å². The molecule has 100 valence electrons. The molecule has 2 rings (SSSR count). The van der Waals surface area contributed by atoms with Crippen LogP contribution in [0.15, 0.2) is 23.2 Å². The molecule has 18 heavy (non-hydrogen) atoms. The molecule has 0 spiro atoms. The molecule has 1 aromatic heterocycles. The standard InChI is InChI=1S/C12H19N3O2S/c1-9(2)15(8-10-5-6-10)18(16,17)11-4-3-7-14-12(11)13/h3-4,7,9-10H,5-6,8H2,1-2H3,(H2,13,14). The van der Waals surface area contributed by atoms with Gasteiger partial charge in [0, 0.05) is 18.8 Å². The number of nitrogens with two attached hydrogens (primary N) is 1. The van der Waals surface area contributed by atoms with Gasteiger partial charge in [0.25, 0.3) is 0 Å². The molecule has 0 radical (unpaired) electrons. The zero-order chi connectivity index (χ0) is 13.3. The molecule has 1 heterocycles. The van der Waals surface area contributed by atoms with Crippen molar-refractivity contribution in [2.24, 2.45) is 5.92 Å². The Morgan fingerprint density at radius 1 is 1.50 bits per heavy atom. The molecule has 0 aromatic carbocycles. The van der Waals surface area contributed by atoms with E-state index in [1.54, 1.807) is 6.07 Å². The average Bonchev–Trinajstić information content (AvgIpc) is 3.09. The number of sulfonamides is 1. The third kappa shape index (κ3) is 2.64. The van der Waals surface area contributed by atoms with Crippen molar-refractivity contribution in [1.82, 2.24) is 9.29 Å². The molecular formula is C12H19N3O2S. The van der Waals surface area contributed by atoms with Crippen LogP contribution in [0.3, 0.4) is 0 Å². The molecule has 5 nitrogen and oxygen atoms in total. The third-order valence-corrected chi connectivity index (χ3v) is 5.19. The second-order valence-corrected chi connectivity index (χ2v) is 6.86. The summed E-state index contributed by atoms with van der Waals surface area (Å²) in [5.74, 6) is 0.569. The molecule has 1 aromatic rings. The van der Waals surface area contributed by atoms with Gasteiger partial charge in [0.15, 0.2) is 0 Å². The Balaban J connectivity index is 2.35. The maximum atomic E-state index is 12.6. The summed E-state index contributed by atoms with van der Waals surface area (Å²) in [5, 5.41) is 0. The van der Waals surface area contributed by atoms with Gasteiger partial charge < -0.3 is 5.73 Å². The van der Waals surface area contributed by atoms with Crippen LogP contribution >= 0.6 is 0 Å². The summed E-state index contributed by atoms with van der Waals surface area (Å²) >= 11 is 0. The van der Waals surface area contributed by atoms with E-state index < -0.39 is 10.0 Å². The topological polar surface area (TPSA) is 76.3 Å². The van der Waals surface area contributed by atoms with Gasteiger partial charge >= 0.3 is 0 Å². The smallest absolute Gasteiger partial charge is 0.246 e. The van der Waals surface area contributed by atoms with Crippen LogP contribution in [-0.2, 0) is 10.0 Å². The molecule has 0 amide bonds. The van der Waals surface area contributed by atoms with Crippen LogP contribution in [-0.4, -0.2) is 30.3 Å². The van der Waals surface area contributed by atoms with E-state index in [4.69, 9.17) is 5.73 Å². The maximum absolute atomic E-state index is 12.6. The van der Waals surface area contributed by atoms with E-state index >= 15 is 0 Å². The van der Waals surface area contributed by atoms with E-state index in [0.717, 1.165) is 12.8 Å². The van der Waals surface area contributed by atoms with E-state index in [2.05, 4.69) is 4.98 Å². The first-order valence-electron chi connectivity index (χ1n) is 6.15. The fourth-order valence-electron chi connectivity index (χ4n) is 1.89. The molecule has 0 saturated heterocycles. The molecule has 6 heteroatoms. The van der Waals surface area contributed by atoms with Crippen LogP contribution in [0, 0.1) is 5.92 Å². The maximum Gasteiger partial charge on any atom is 0.246 e. The van der Waals surface area contributed by atoms with Crippen molar-refractivity contribution in [3.63, 3.8) is 0 Å². The van der Waals surface area contributed by atoms with Gasteiger partial charge in [-0.3, -0.25) is 0 Å². The number of hydrogen-bond donors (Lipinski definition) is 1. The highest BCUT2D eigenvalue weighted by molar-refractivity contribution is 7.89. The minimum absolute atomic E-state index is 0.0685. The zero-order valence-electron chi connectivity index (χ0n) is 10.7. The lowest BCUT2D eigenvalue weighted by Gasteiger charge is -2.26. The van der Waals surface area contributed by atoms with E-state index in [9.17, 15) is 8.42 Å². The predicted molar refractivity (Wildman–Crippen MR) is 70.4 cm³/mol. The number of nitrogen functional groups attached to an aromatic ring is 1. The Morgan fingerprint density at radius 2 is 2.17 bits per heavy atom. The summed E-state index contributed by atoms with van der Waals surface area (Å²) < 4.78 is 26.7. The van der Waals surface area contributed by atoms with Crippen molar-refractivity contribution in [3.8, 4) is 0 Å². The SMILES string of the molecule is CC(C)N(CC1CC1)S(=O)(=O)c1cccnc1N. The highest BCUT2D eigenvalue weighted by Gasteiger charge is 2.34. The fraction of sp³-hybridized carbons (Fsp3) is 0.583. The summed E-state index contributed by atoms with van der Waals surface area (Å²) in [5.41, 5.74) is 5.67. The molecule has 1 aliphatic rings. The van der Waals surface area contributed by atoms with Crippen molar-refractivity contribution in [2.75, 3.05) is 12.3 Å². The van der Waals surface area contributed by atoms with Crippen LogP contribution < -0.4 is 5.73 Å². The van der Waals surface area contributed by atoms with Crippen molar-refractivity contribution < 1.29 is 8.42 Å². The van der Waals surface area contributed by atoms with Crippen molar-refractivity contribution in [1.29, 1.82) is 0 Å². The normalized spacial score (nSPS) is 16.4. The van der Waals surface area contributed by atoms with E-state index in [0.29, 0.717) is 12.5 Å². The Bertz CT molecular complexity index is 524. The van der Waals surface area contributed by atoms with Crippen molar-refractivity contribution in [3.05, 3.63) is 18.3 Å². The summed E-state index contributed by atoms with van der Waals surface area (Å²) in [6.07, 6.45) is 3.72. The summed E-state index contributed by atoms with van der Waals surface area (Å²) in [4.78, 5) is 3.96. The van der Waals surface area contributed by atoms with E-state index in [1.807, 2.05) is 13.8 Å². The molecule has 0 atom stereocenters. The van der Waals surface area contributed by atoms with Crippen LogP contribution in [0.25, 0.3) is 0 Å². The summed E-state index contributed by atoms with van der Waals surface area (Å²) in [6.45, 7) is 4.34. The molecule has 2 N–H and O–H groups in total. The lowest BCUT2D eigenvalue weighted by molar-refractivity contribution is 0.342. The van der Waals surface area contributed by atoms with Crippen molar-refractivity contribution >= 4 is 15.8 Å². The quantitative estimate of drug-likeness (QED) is 0.878. The Hall–Kier alpha value is -1.14. The third-order valence-electron chi connectivity index (χ3n) is 3.10. The number of hydrogen-bond acceptors (Lipinski definition) is 4. The lowest BCUT2D eigenvalue weighted by atomic mass is 10.3. The number of rotatable bonds is 5. The van der Waals surface area contributed by atoms with Crippen LogP contribution in [0.1, 0.15) is 26.7 Å². The van der Waals surface area contributed by atoms with E-state index in [-0.39, 0.29) is 16.8 Å². The zero-order valence-corrected chi connectivity index (χ0v) is 11.5. The first-order valence-corrected chi connectivity index (χ1v) is 7.59. The molecule has 1 saturated carbocycles. The monoisotopic (exact) mass is 269 g/mol. The van der Waals surface area contributed by atoms with Gasteiger partial charge in [-0.1, -0.05) is 0 Å². The average molecular weight is 269 g/mol. The summed E-state index contributed by atoms with van der Waals surface area (Å²) in [6, 6.07) is 3.04. The van der Waals surface area contributed by atoms with Crippen LogP contribution in [0.5, 0.6) is 0 Å². The van der Waals surface area contributed by atoms with Gasteiger partial charge in [0.05, 0.1) is 0 Å². The van der Waals surface area contributed by atoms with Crippen LogP contribution in [0.4, 0.5) is 5.82 Å². The number of pyridine rings is 1. The molecule has 1 aliphatic carbocycles. The number of anilines is 1. The molecule has 0 unspecified atom stereocenters. The Kier molecular flexibility index (Phi) is 3.59. The van der Waals surface area contributed by atoms with Gasteiger partial charge in [-0.05, 0) is 44.7 Å². The first kappa shape index (κ1) is 13.3. The van der Waals surface area contributed by atoms with Gasteiger partial charge in [-0.2, -0.15) is 4.31 Å². The molecule has 0 bridgehead atoms. The minimum atomic E-state index is -3.54. The van der Waals surface area contributed by atoms with Gasteiger partial charge in [0.1, 0.15) is 10.7 Å². The highest BCUT2D eigenvalue weighted by Crippen LogP contribution is 2.33. The Morgan fingerprint density at radius 3 is 2.67 bits per heavy atom. The molecular weight excluding hydrogens is 250 g/mol. The van der Waals surface area contributed by atoms with Gasteiger partial charge in [-0.25, -0.2) is 13.4 Å². The second-order valence-electron chi connectivity index (χ2n) is 5.00. The molecule has 1 fully saturated rings. The molecule has 0 aliphatic heterocycles. The summed E-state index contributed by atoms with van der Waals surface area (Å²) in [7, 11) is -3.54. The highest BCUT2D eigenvalue weighted by atomic mass is 32.2. The number of nitrogens with zero attached hydrogens (tertiary/aromatic N) is 2. The fourth-order valence-corrected chi connectivity index (χ4v) is 3.67. The lowest BCUT2D eigenvalue weighted by Crippen LogP contribution is -2.38. The first-order chi connectivity index (χ1) is 8.43. The second kappa shape index (κ2) is 4.85. The largest absolute Gasteiger partial charge is 0.383 e. The number of aromatic nitrogens is 1. The minimum Gasteiger partial charge on any atom is -0.383 e. The predicted octanol–water partition coefficient (Wildman–Crippen LogP) is 1.47. The Labute approximate surface area is 108 Å². The van der Waals surface area contributed by atoms with Gasteiger partial charge in [-0.15, -0.1) is 0 Å². The van der Waals surface area contributed by atoms with Crippen LogP contribution in [0.2, 0.25) is 0 Å².